The van der Waals surface area contributed by atoms with Gasteiger partial charge in [-0.25, -0.2) is 0 Å². The molecule has 0 saturated carbocycles. The molecule has 0 atom stereocenters. The fourth-order valence-electron chi connectivity index (χ4n) is 1.34. The molecule has 0 aliphatic heterocycles. The molecule has 0 spiro atoms. The lowest BCUT2D eigenvalue weighted by Gasteiger charge is -2.11. The minimum atomic E-state index is -0.298. The third-order valence-corrected chi connectivity index (χ3v) is 3.01. The average Bonchev–Trinajstić information content (AvgIpc) is 2.43. The summed E-state index contributed by atoms with van der Waals surface area (Å²) in [5, 5.41) is 29.5. The summed E-state index contributed by atoms with van der Waals surface area (Å²) in [7, 11) is 0. The Hall–Kier alpha value is -2.20. The first-order chi connectivity index (χ1) is 9.57. The highest BCUT2D eigenvalue weighted by Crippen LogP contribution is 2.36. The third kappa shape index (κ3) is 3.65. The smallest absolute Gasteiger partial charge is 0.163 e. The largest absolute Gasteiger partial charge is 0.491 e. The van der Waals surface area contributed by atoms with Crippen molar-refractivity contribution in [2.24, 2.45) is 0 Å². The first-order valence-electron chi connectivity index (χ1n) is 5.40. The monoisotopic (exact) mass is 350 g/mol. The van der Waals surface area contributed by atoms with Gasteiger partial charge in [0.1, 0.15) is 23.9 Å². The second-order valence-corrected chi connectivity index (χ2v) is 4.67. The van der Waals surface area contributed by atoms with Gasteiger partial charge < -0.3 is 10.1 Å². The zero-order chi connectivity index (χ0) is 15.1. The van der Waals surface area contributed by atoms with Gasteiger partial charge in [-0.3, -0.25) is 0 Å². The number of benzene rings is 1. The lowest BCUT2D eigenvalue weighted by molar-refractivity contribution is 0.338. The Morgan fingerprint density at radius 2 is 1.95 bits per heavy atom. The van der Waals surface area contributed by atoms with Crippen molar-refractivity contribution in [1.82, 2.24) is 0 Å². The maximum absolute atomic E-state index is 8.96. The summed E-state index contributed by atoms with van der Waals surface area (Å²) in [5.41, 5.74) is 0.0284. The summed E-state index contributed by atoms with van der Waals surface area (Å²) in [5.74, 6) is 0.489. The van der Waals surface area contributed by atoms with Gasteiger partial charge in [0.15, 0.2) is 11.3 Å². The first-order valence-corrected chi connectivity index (χ1v) is 6.57. The van der Waals surface area contributed by atoms with Crippen molar-refractivity contribution in [3.05, 3.63) is 32.9 Å². The summed E-state index contributed by atoms with van der Waals surface area (Å²) in [6, 6.07) is 8.24. The normalized spacial score (nSPS) is 8.80. The van der Waals surface area contributed by atoms with Gasteiger partial charge in [0.2, 0.25) is 0 Å². The van der Waals surface area contributed by atoms with Crippen LogP contribution in [-0.4, -0.2) is 6.61 Å². The van der Waals surface area contributed by atoms with Crippen molar-refractivity contribution in [1.29, 1.82) is 15.8 Å². The highest BCUT2D eigenvalue weighted by atomic mass is 79.9. The van der Waals surface area contributed by atoms with E-state index in [4.69, 9.17) is 32.1 Å². The Kier molecular flexibility index (Phi) is 5.87. The topological polar surface area (TPSA) is 92.6 Å². The van der Waals surface area contributed by atoms with E-state index in [9.17, 15) is 0 Å². The molecule has 0 amide bonds. The zero-order valence-corrected chi connectivity index (χ0v) is 12.7. The first kappa shape index (κ1) is 15.9. The molecule has 0 radical (unpaired) electrons. The van der Waals surface area contributed by atoms with E-state index in [0.29, 0.717) is 27.5 Å². The van der Waals surface area contributed by atoms with Crippen LogP contribution < -0.4 is 10.1 Å². The number of nitrogens with zero attached hydrogens (tertiary/aromatic N) is 3. The summed E-state index contributed by atoms with van der Waals surface area (Å²) in [4.78, 5) is 0. The van der Waals surface area contributed by atoms with Crippen molar-refractivity contribution >= 4 is 33.2 Å². The van der Waals surface area contributed by atoms with Crippen molar-refractivity contribution < 1.29 is 4.74 Å². The van der Waals surface area contributed by atoms with E-state index in [0.717, 1.165) is 0 Å². The number of anilines is 1. The maximum Gasteiger partial charge on any atom is 0.163 e. The van der Waals surface area contributed by atoms with E-state index in [1.165, 1.54) is 0 Å². The number of nitrogens with one attached hydrogen (secondary N) is 1. The minimum Gasteiger partial charge on any atom is -0.491 e. The number of ether oxygens (including phenoxy) is 1. The molecule has 7 heteroatoms. The van der Waals surface area contributed by atoms with Crippen molar-refractivity contribution in [3.8, 4) is 24.0 Å². The zero-order valence-electron chi connectivity index (χ0n) is 10.4. The lowest BCUT2D eigenvalue weighted by atomic mass is 10.2. The number of halogens is 2. The van der Waals surface area contributed by atoms with E-state index in [1.807, 2.05) is 6.92 Å². The van der Waals surface area contributed by atoms with Crippen molar-refractivity contribution in [3.63, 3.8) is 0 Å². The highest BCUT2D eigenvalue weighted by Gasteiger charge is 2.11. The standard InChI is InChI=1S/C13H8BrClN4O/c1-2-20-13-10(14)3-9(4-11(13)15)19-12(7-18)8(5-16)6-17/h3-4,19H,2H2,1H3. The number of hydrogen-bond acceptors (Lipinski definition) is 5. The Balaban J connectivity index is 3.19. The average molecular weight is 352 g/mol. The lowest BCUT2D eigenvalue weighted by Crippen LogP contribution is -2.01. The van der Waals surface area contributed by atoms with Gasteiger partial charge in [0.25, 0.3) is 0 Å². The van der Waals surface area contributed by atoms with Crippen molar-refractivity contribution in [2.45, 2.75) is 6.92 Å². The molecule has 0 fully saturated rings. The fraction of sp³-hybridized carbons (Fsp3) is 0.154. The molecule has 0 aliphatic carbocycles. The third-order valence-electron chi connectivity index (χ3n) is 2.14. The van der Waals surface area contributed by atoms with E-state index in [-0.39, 0.29) is 11.3 Å². The van der Waals surface area contributed by atoms with Crippen LogP contribution in [0.5, 0.6) is 5.75 Å². The van der Waals surface area contributed by atoms with Crippen LogP contribution in [0.2, 0.25) is 5.02 Å². The predicted octanol–water partition coefficient (Wildman–Crippen LogP) is 3.74. The molecule has 20 heavy (non-hydrogen) atoms. The molecule has 1 aromatic carbocycles. The Morgan fingerprint density at radius 1 is 1.30 bits per heavy atom. The molecular formula is C13H8BrClN4O. The Morgan fingerprint density at radius 3 is 2.40 bits per heavy atom. The molecule has 0 aromatic heterocycles. The predicted molar refractivity (Wildman–Crippen MR) is 77.8 cm³/mol. The van der Waals surface area contributed by atoms with Crippen LogP contribution >= 0.6 is 27.5 Å². The van der Waals surface area contributed by atoms with Crippen LogP contribution in [0.1, 0.15) is 6.92 Å². The number of rotatable bonds is 4. The van der Waals surface area contributed by atoms with Gasteiger partial charge in [-0.1, -0.05) is 11.6 Å². The number of nitriles is 3. The van der Waals surface area contributed by atoms with Crippen LogP contribution in [0, 0.1) is 34.0 Å². The quantitative estimate of drug-likeness (QED) is 0.834. The molecule has 1 aromatic rings. The molecule has 0 saturated heterocycles. The minimum absolute atomic E-state index is 0.137. The van der Waals surface area contributed by atoms with Gasteiger partial charge in [-0.15, -0.1) is 0 Å². The van der Waals surface area contributed by atoms with Crippen LogP contribution in [0.15, 0.2) is 27.9 Å². The van der Waals surface area contributed by atoms with E-state index in [2.05, 4.69) is 21.2 Å². The molecular weight excluding hydrogens is 344 g/mol. The van der Waals surface area contributed by atoms with Crippen molar-refractivity contribution in [2.75, 3.05) is 11.9 Å². The molecule has 0 bridgehead atoms. The summed E-state index contributed by atoms with van der Waals surface area (Å²) >= 11 is 9.37. The summed E-state index contributed by atoms with van der Waals surface area (Å²) in [6.07, 6.45) is 0. The molecule has 0 heterocycles. The second kappa shape index (κ2) is 7.40. The molecule has 5 nitrogen and oxygen atoms in total. The molecule has 1 N–H and O–H groups in total. The van der Waals surface area contributed by atoms with Gasteiger partial charge in [-0.05, 0) is 35.0 Å². The summed E-state index contributed by atoms with van der Waals surface area (Å²) in [6.45, 7) is 2.29. The van der Waals surface area contributed by atoms with Gasteiger partial charge in [0.05, 0.1) is 16.1 Å². The molecule has 1 rings (SSSR count). The SMILES string of the molecule is CCOc1c(Cl)cc(NC(C#N)=C(C#N)C#N)cc1Br. The number of allylic oxidation sites excluding steroid dienone is 2. The molecule has 0 unspecified atom stereocenters. The van der Waals surface area contributed by atoms with Crippen LogP contribution in [0.25, 0.3) is 0 Å². The van der Waals surface area contributed by atoms with E-state index >= 15 is 0 Å². The summed E-state index contributed by atoms with van der Waals surface area (Å²) < 4.78 is 5.95. The van der Waals surface area contributed by atoms with Crippen LogP contribution in [0.4, 0.5) is 5.69 Å². The molecule has 100 valence electrons. The molecule has 0 aliphatic rings. The second-order valence-electron chi connectivity index (χ2n) is 3.41. The van der Waals surface area contributed by atoms with Gasteiger partial charge >= 0.3 is 0 Å². The van der Waals surface area contributed by atoms with E-state index in [1.54, 1.807) is 30.3 Å². The highest BCUT2D eigenvalue weighted by molar-refractivity contribution is 9.10. The van der Waals surface area contributed by atoms with Crippen LogP contribution in [-0.2, 0) is 0 Å². The van der Waals surface area contributed by atoms with Crippen LogP contribution in [0.3, 0.4) is 0 Å². The maximum atomic E-state index is 8.96. The fourth-order valence-corrected chi connectivity index (χ4v) is 2.30. The number of hydrogen-bond donors (Lipinski definition) is 1. The Bertz CT molecular complexity index is 640. The van der Waals surface area contributed by atoms with E-state index < -0.39 is 0 Å². The Labute approximate surface area is 129 Å². The van der Waals surface area contributed by atoms with Gasteiger partial charge in [-0.2, -0.15) is 15.8 Å². The van der Waals surface area contributed by atoms with Gasteiger partial charge in [0, 0.05) is 5.69 Å².